The second kappa shape index (κ2) is 4.63. The number of hydrogen-bond acceptors (Lipinski definition) is 2. The Bertz CT molecular complexity index is 181. The molecule has 1 heterocycles. The van der Waals surface area contributed by atoms with Gasteiger partial charge in [-0.1, -0.05) is 12.8 Å². The van der Waals surface area contributed by atoms with E-state index in [0.717, 1.165) is 18.1 Å². The van der Waals surface area contributed by atoms with Gasteiger partial charge in [0.25, 0.3) is 0 Å². The zero-order valence-electron chi connectivity index (χ0n) is 9.63. The highest BCUT2D eigenvalue weighted by molar-refractivity contribution is 4.91. The molecule has 1 aliphatic heterocycles. The van der Waals surface area contributed by atoms with Crippen molar-refractivity contribution in [2.75, 3.05) is 13.6 Å². The van der Waals surface area contributed by atoms with Gasteiger partial charge >= 0.3 is 0 Å². The van der Waals surface area contributed by atoms with E-state index >= 15 is 0 Å². The van der Waals surface area contributed by atoms with E-state index in [1.54, 1.807) is 0 Å². The van der Waals surface area contributed by atoms with Crippen LogP contribution in [0.15, 0.2) is 0 Å². The lowest BCUT2D eigenvalue weighted by Crippen LogP contribution is -2.51. The molecule has 1 saturated carbocycles. The highest BCUT2D eigenvalue weighted by atomic mass is 15.2. The molecule has 0 aromatic heterocycles. The average molecular weight is 196 g/mol. The van der Waals surface area contributed by atoms with Crippen molar-refractivity contribution in [1.82, 2.24) is 10.2 Å². The molecule has 1 N–H and O–H groups in total. The Morgan fingerprint density at radius 3 is 2.50 bits per heavy atom. The van der Waals surface area contributed by atoms with Gasteiger partial charge in [-0.3, -0.25) is 4.90 Å². The third-order valence-electron chi connectivity index (χ3n) is 4.13. The highest BCUT2D eigenvalue weighted by Gasteiger charge is 2.33. The number of likely N-dealkylation sites (N-methyl/N-ethyl adjacent to an activating group) is 1. The molecular weight excluding hydrogens is 172 g/mol. The van der Waals surface area contributed by atoms with Gasteiger partial charge in [-0.05, 0) is 46.2 Å². The van der Waals surface area contributed by atoms with Gasteiger partial charge in [-0.2, -0.15) is 0 Å². The van der Waals surface area contributed by atoms with Crippen molar-refractivity contribution in [1.29, 1.82) is 0 Å². The summed E-state index contributed by atoms with van der Waals surface area (Å²) in [4.78, 5) is 2.75. The molecule has 3 unspecified atom stereocenters. The van der Waals surface area contributed by atoms with Gasteiger partial charge in [0, 0.05) is 18.1 Å². The largest absolute Gasteiger partial charge is 0.315 e. The first-order chi connectivity index (χ1) is 6.83. The minimum absolute atomic E-state index is 0.754. The van der Waals surface area contributed by atoms with Crippen LogP contribution >= 0.6 is 0 Å². The summed E-state index contributed by atoms with van der Waals surface area (Å²) >= 11 is 0. The van der Waals surface area contributed by atoms with Crippen LogP contribution in [-0.2, 0) is 0 Å². The zero-order valence-corrected chi connectivity index (χ0v) is 9.63. The Balaban J connectivity index is 1.99. The number of rotatable bonds is 2. The van der Waals surface area contributed by atoms with Crippen molar-refractivity contribution in [3.05, 3.63) is 0 Å². The van der Waals surface area contributed by atoms with Crippen LogP contribution in [0.4, 0.5) is 0 Å². The molecule has 2 rings (SSSR count). The third-order valence-corrected chi connectivity index (χ3v) is 4.13. The molecule has 14 heavy (non-hydrogen) atoms. The van der Waals surface area contributed by atoms with Crippen LogP contribution < -0.4 is 5.32 Å². The molecule has 2 fully saturated rings. The van der Waals surface area contributed by atoms with E-state index in [4.69, 9.17) is 0 Å². The van der Waals surface area contributed by atoms with E-state index in [0.29, 0.717) is 0 Å². The molecule has 82 valence electrons. The van der Waals surface area contributed by atoms with Crippen LogP contribution in [0.25, 0.3) is 0 Å². The quantitative estimate of drug-likeness (QED) is 0.726. The Hall–Kier alpha value is -0.0800. The van der Waals surface area contributed by atoms with E-state index in [9.17, 15) is 0 Å². The lowest BCUT2D eigenvalue weighted by atomic mass is 9.89. The number of nitrogens with one attached hydrogen (secondary N) is 1. The molecule has 0 aromatic carbocycles. The van der Waals surface area contributed by atoms with Gasteiger partial charge < -0.3 is 5.32 Å². The van der Waals surface area contributed by atoms with Gasteiger partial charge in [0.2, 0.25) is 0 Å². The Morgan fingerprint density at radius 1 is 1.07 bits per heavy atom. The average Bonchev–Trinajstić information content (AvgIpc) is 2.64. The lowest BCUT2D eigenvalue weighted by molar-refractivity contribution is 0.120. The molecule has 1 aliphatic carbocycles. The summed E-state index contributed by atoms with van der Waals surface area (Å²) < 4.78 is 0. The molecule has 0 amide bonds. The van der Waals surface area contributed by atoms with Crippen LogP contribution in [0.1, 0.15) is 45.4 Å². The summed E-state index contributed by atoms with van der Waals surface area (Å²) in [6.07, 6.45) is 8.47. The Labute approximate surface area is 88.1 Å². The lowest BCUT2D eigenvalue weighted by Gasteiger charge is -2.40. The van der Waals surface area contributed by atoms with Crippen LogP contribution in [-0.4, -0.2) is 36.6 Å². The first-order valence-electron chi connectivity index (χ1n) is 6.26. The maximum Gasteiger partial charge on any atom is 0.0252 e. The zero-order chi connectivity index (χ0) is 9.97. The topological polar surface area (TPSA) is 15.3 Å². The summed E-state index contributed by atoms with van der Waals surface area (Å²) in [6, 6.07) is 2.41. The predicted octanol–water partition coefficient (Wildman–Crippen LogP) is 2.00. The summed E-state index contributed by atoms with van der Waals surface area (Å²) in [5.74, 6) is 0. The van der Waals surface area contributed by atoms with E-state index in [1.165, 1.54) is 45.1 Å². The maximum absolute atomic E-state index is 3.51. The molecule has 0 bridgehead atoms. The smallest absolute Gasteiger partial charge is 0.0252 e. The SMILES string of the molecule is CNC1CCCCC1N1CCCC1C. The standard InChI is InChI=1S/C12H24N2/c1-10-6-5-9-14(10)12-8-4-3-7-11(12)13-2/h10-13H,3-9H2,1-2H3. The number of likely N-dealkylation sites (tertiary alicyclic amines) is 1. The molecule has 3 atom stereocenters. The van der Waals surface area contributed by atoms with Crippen molar-refractivity contribution in [3.63, 3.8) is 0 Å². The molecule has 0 radical (unpaired) electrons. The molecule has 0 aromatic rings. The fourth-order valence-electron chi connectivity index (χ4n) is 3.29. The second-order valence-electron chi connectivity index (χ2n) is 4.98. The van der Waals surface area contributed by atoms with Gasteiger partial charge in [-0.15, -0.1) is 0 Å². The minimum atomic E-state index is 0.754. The molecule has 2 heteroatoms. The van der Waals surface area contributed by atoms with Crippen LogP contribution in [0, 0.1) is 0 Å². The van der Waals surface area contributed by atoms with Crippen molar-refractivity contribution < 1.29 is 0 Å². The summed E-state index contributed by atoms with van der Waals surface area (Å²) in [7, 11) is 2.13. The van der Waals surface area contributed by atoms with Crippen molar-refractivity contribution >= 4 is 0 Å². The third kappa shape index (κ3) is 1.96. The van der Waals surface area contributed by atoms with E-state index in [-0.39, 0.29) is 0 Å². The van der Waals surface area contributed by atoms with Crippen molar-refractivity contribution in [2.45, 2.75) is 63.6 Å². The minimum Gasteiger partial charge on any atom is -0.315 e. The first-order valence-corrected chi connectivity index (χ1v) is 6.26. The normalized spacial score (nSPS) is 40.3. The molecular formula is C12H24N2. The van der Waals surface area contributed by atoms with Crippen molar-refractivity contribution in [3.8, 4) is 0 Å². The second-order valence-corrected chi connectivity index (χ2v) is 4.98. The number of hydrogen-bond donors (Lipinski definition) is 1. The van der Waals surface area contributed by atoms with Crippen molar-refractivity contribution in [2.24, 2.45) is 0 Å². The van der Waals surface area contributed by atoms with Crippen LogP contribution in [0.5, 0.6) is 0 Å². The predicted molar refractivity (Wildman–Crippen MR) is 60.5 cm³/mol. The van der Waals surface area contributed by atoms with E-state index in [1.807, 2.05) is 0 Å². The molecule has 0 spiro atoms. The van der Waals surface area contributed by atoms with Gasteiger partial charge in [0.1, 0.15) is 0 Å². The summed E-state index contributed by atoms with van der Waals surface area (Å²) in [5, 5.41) is 3.51. The Kier molecular flexibility index (Phi) is 3.45. The molecule has 1 saturated heterocycles. The molecule has 2 aliphatic rings. The van der Waals surface area contributed by atoms with Crippen LogP contribution in [0.3, 0.4) is 0 Å². The monoisotopic (exact) mass is 196 g/mol. The summed E-state index contributed by atoms with van der Waals surface area (Å²) in [5.41, 5.74) is 0. The van der Waals surface area contributed by atoms with Gasteiger partial charge in [-0.25, -0.2) is 0 Å². The van der Waals surface area contributed by atoms with E-state index in [2.05, 4.69) is 24.2 Å². The van der Waals surface area contributed by atoms with Crippen LogP contribution in [0.2, 0.25) is 0 Å². The Morgan fingerprint density at radius 2 is 1.86 bits per heavy atom. The fourth-order valence-corrected chi connectivity index (χ4v) is 3.29. The summed E-state index contributed by atoms with van der Waals surface area (Å²) in [6.45, 7) is 3.73. The van der Waals surface area contributed by atoms with Gasteiger partial charge in [0.05, 0.1) is 0 Å². The van der Waals surface area contributed by atoms with Gasteiger partial charge in [0.15, 0.2) is 0 Å². The first kappa shape index (κ1) is 10.4. The fraction of sp³-hybridized carbons (Fsp3) is 1.00. The molecule has 2 nitrogen and oxygen atoms in total. The number of nitrogens with zero attached hydrogens (tertiary/aromatic N) is 1. The highest BCUT2D eigenvalue weighted by Crippen LogP contribution is 2.29. The maximum atomic E-state index is 3.51. The van der Waals surface area contributed by atoms with E-state index < -0.39 is 0 Å².